The Balaban J connectivity index is 1.44. The zero-order chi connectivity index (χ0) is 20.9. The number of carbonyl (C=O) groups excluding carboxylic acids is 1. The van der Waals surface area contributed by atoms with E-state index in [0.717, 1.165) is 35.7 Å². The van der Waals surface area contributed by atoms with Gasteiger partial charge in [0.25, 0.3) is 0 Å². The standard InChI is InChI=1S/C24H21N3O2S/c1-29-20-9-6-17(7-10-20)21-11-8-19(16-25)24(26-21)30-15-13-23(28)27-14-12-18-4-2-3-5-22(18)27/h2-11H,12-15H2,1H3. The minimum Gasteiger partial charge on any atom is -0.497 e. The van der Waals surface area contributed by atoms with Gasteiger partial charge in [-0.15, -0.1) is 11.8 Å². The number of carbonyl (C=O) groups is 1. The quantitative estimate of drug-likeness (QED) is 0.546. The van der Waals surface area contributed by atoms with Crippen molar-refractivity contribution in [1.82, 2.24) is 4.98 Å². The maximum Gasteiger partial charge on any atom is 0.227 e. The molecule has 30 heavy (non-hydrogen) atoms. The van der Waals surface area contributed by atoms with Crippen LogP contribution in [-0.2, 0) is 11.2 Å². The number of methoxy groups -OCH3 is 1. The first-order chi connectivity index (χ1) is 14.7. The zero-order valence-corrected chi connectivity index (χ0v) is 17.5. The van der Waals surface area contributed by atoms with Gasteiger partial charge in [0.1, 0.15) is 16.8 Å². The summed E-state index contributed by atoms with van der Waals surface area (Å²) in [6.07, 6.45) is 1.30. The zero-order valence-electron chi connectivity index (χ0n) is 16.7. The fourth-order valence-corrected chi connectivity index (χ4v) is 4.43. The third kappa shape index (κ3) is 4.17. The number of fused-ring (bicyclic) bond motifs is 1. The van der Waals surface area contributed by atoms with Gasteiger partial charge in [0.2, 0.25) is 5.91 Å². The topological polar surface area (TPSA) is 66.2 Å². The van der Waals surface area contributed by atoms with Crippen molar-refractivity contribution in [2.45, 2.75) is 17.9 Å². The number of aromatic nitrogens is 1. The van der Waals surface area contributed by atoms with Gasteiger partial charge in [-0.25, -0.2) is 4.98 Å². The summed E-state index contributed by atoms with van der Waals surface area (Å²) in [6.45, 7) is 0.734. The molecule has 6 heteroatoms. The molecule has 1 aliphatic heterocycles. The summed E-state index contributed by atoms with van der Waals surface area (Å²) in [5, 5.41) is 10.1. The van der Waals surface area contributed by atoms with Gasteiger partial charge in [0.05, 0.1) is 18.4 Å². The Bertz CT molecular complexity index is 1110. The van der Waals surface area contributed by atoms with E-state index < -0.39 is 0 Å². The van der Waals surface area contributed by atoms with Crippen molar-refractivity contribution < 1.29 is 9.53 Å². The number of para-hydroxylation sites is 1. The molecule has 0 radical (unpaired) electrons. The summed E-state index contributed by atoms with van der Waals surface area (Å²) in [6, 6.07) is 21.5. The first-order valence-electron chi connectivity index (χ1n) is 9.76. The summed E-state index contributed by atoms with van der Waals surface area (Å²) in [5.41, 5.74) is 4.51. The minimum atomic E-state index is 0.109. The molecule has 0 bridgehead atoms. The number of nitriles is 1. The largest absolute Gasteiger partial charge is 0.497 e. The number of anilines is 1. The Morgan fingerprint density at radius 2 is 1.97 bits per heavy atom. The van der Waals surface area contributed by atoms with Crippen LogP contribution >= 0.6 is 11.8 Å². The molecule has 0 atom stereocenters. The highest BCUT2D eigenvalue weighted by Crippen LogP contribution is 2.30. The number of rotatable bonds is 6. The van der Waals surface area contributed by atoms with Gasteiger partial charge in [0, 0.05) is 30.0 Å². The van der Waals surface area contributed by atoms with E-state index in [1.54, 1.807) is 13.2 Å². The van der Waals surface area contributed by atoms with Crippen molar-refractivity contribution in [2.24, 2.45) is 0 Å². The third-order valence-corrected chi connectivity index (χ3v) is 6.10. The minimum absolute atomic E-state index is 0.109. The Labute approximate surface area is 180 Å². The predicted molar refractivity (Wildman–Crippen MR) is 119 cm³/mol. The summed E-state index contributed by atoms with van der Waals surface area (Å²) in [4.78, 5) is 19.3. The fourth-order valence-electron chi connectivity index (χ4n) is 3.53. The molecule has 5 nitrogen and oxygen atoms in total. The Kier molecular flexibility index (Phi) is 6.01. The lowest BCUT2D eigenvalue weighted by molar-refractivity contribution is -0.118. The highest BCUT2D eigenvalue weighted by Gasteiger charge is 2.23. The van der Waals surface area contributed by atoms with Crippen molar-refractivity contribution in [1.29, 1.82) is 5.26 Å². The van der Waals surface area contributed by atoms with Crippen molar-refractivity contribution in [3.8, 4) is 23.1 Å². The lowest BCUT2D eigenvalue weighted by Crippen LogP contribution is -2.29. The normalized spacial score (nSPS) is 12.3. The molecule has 0 saturated heterocycles. The van der Waals surface area contributed by atoms with E-state index in [9.17, 15) is 10.1 Å². The molecule has 2 heterocycles. The van der Waals surface area contributed by atoms with Crippen LogP contribution in [0.15, 0.2) is 65.7 Å². The van der Waals surface area contributed by atoms with Crippen molar-refractivity contribution >= 4 is 23.4 Å². The van der Waals surface area contributed by atoms with E-state index >= 15 is 0 Å². The SMILES string of the molecule is COc1ccc(-c2ccc(C#N)c(SCCC(=O)N3CCc4ccccc43)n2)cc1. The number of benzene rings is 2. The monoisotopic (exact) mass is 415 g/mol. The lowest BCUT2D eigenvalue weighted by Gasteiger charge is -2.17. The van der Waals surface area contributed by atoms with Gasteiger partial charge in [-0.1, -0.05) is 18.2 Å². The molecule has 0 fully saturated rings. The molecule has 0 spiro atoms. The fraction of sp³-hybridized carbons (Fsp3) is 0.208. The third-order valence-electron chi connectivity index (χ3n) is 5.11. The van der Waals surface area contributed by atoms with E-state index in [2.05, 4.69) is 17.1 Å². The molecule has 0 aliphatic carbocycles. The number of pyridine rings is 1. The number of hydrogen-bond donors (Lipinski definition) is 0. The maximum absolute atomic E-state index is 12.7. The molecule has 4 rings (SSSR count). The Morgan fingerprint density at radius 3 is 2.73 bits per heavy atom. The van der Waals surface area contributed by atoms with Gasteiger partial charge in [-0.3, -0.25) is 4.79 Å². The first-order valence-corrected chi connectivity index (χ1v) is 10.7. The van der Waals surface area contributed by atoms with Crippen LogP contribution in [0.25, 0.3) is 11.3 Å². The Morgan fingerprint density at radius 1 is 1.17 bits per heavy atom. The van der Waals surface area contributed by atoms with Crippen LogP contribution in [0.4, 0.5) is 5.69 Å². The van der Waals surface area contributed by atoms with Gasteiger partial charge < -0.3 is 9.64 Å². The summed E-state index contributed by atoms with van der Waals surface area (Å²) >= 11 is 1.45. The Hall–Kier alpha value is -3.30. The first kappa shape index (κ1) is 20.0. The molecule has 0 saturated carbocycles. The number of thioether (sulfide) groups is 1. The lowest BCUT2D eigenvalue weighted by atomic mass is 10.1. The van der Waals surface area contributed by atoms with E-state index in [1.165, 1.54) is 17.3 Å². The highest BCUT2D eigenvalue weighted by atomic mass is 32.2. The second kappa shape index (κ2) is 9.02. The number of nitrogens with zero attached hydrogens (tertiary/aromatic N) is 3. The summed E-state index contributed by atoms with van der Waals surface area (Å²) in [5.74, 6) is 1.46. The highest BCUT2D eigenvalue weighted by molar-refractivity contribution is 7.99. The molecule has 3 aromatic rings. The molecule has 0 N–H and O–H groups in total. The second-order valence-corrected chi connectivity index (χ2v) is 8.00. The molecule has 2 aromatic carbocycles. The van der Waals surface area contributed by atoms with Gasteiger partial charge >= 0.3 is 0 Å². The van der Waals surface area contributed by atoms with Crippen molar-refractivity contribution in [3.05, 3.63) is 71.8 Å². The smallest absolute Gasteiger partial charge is 0.227 e. The molecule has 1 aromatic heterocycles. The van der Waals surface area contributed by atoms with Crippen LogP contribution in [0.5, 0.6) is 5.75 Å². The van der Waals surface area contributed by atoms with E-state index in [-0.39, 0.29) is 5.91 Å². The summed E-state index contributed by atoms with van der Waals surface area (Å²) in [7, 11) is 1.63. The van der Waals surface area contributed by atoms with E-state index in [4.69, 9.17) is 4.74 Å². The second-order valence-electron chi connectivity index (χ2n) is 6.91. The molecule has 150 valence electrons. The van der Waals surface area contributed by atoms with E-state index in [1.807, 2.05) is 53.4 Å². The summed E-state index contributed by atoms with van der Waals surface area (Å²) < 4.78 is 5.20. The van der Waals surface area contributed by atoms with Gasteiger partial charge in [0.15, 0.2) is 0 Å². The van der Waals surface area contributed by atoms with Crippen LogP contribution in [0.3, 0.4) is 0 Å². The molecular weight excluding hydrogens is 394 g/mol. The van der Waals surface area contributed by atoms with Crippen LogP contribution in [0, 0.1) is 11.3 Å². The van der Waals surface area contributed by atoms with Crippen LogP contribution in [0.2, 0.25) is 0 Å². The molecular formula is C24H21N3O2S. The average molecular weight is 416 g/mol. The van der Waals surface area contributed by atoms with Gasteiger partial charge in [-0.2, -0.15) is 5.26 Å². The number of ether oxygens (including phenoxy) is 1. The number of hydrogen-bond acceptors (Lipinski definition) is 5. The van der Waals surface area contributed by atoms with Gasteiger partial charge in [-0.05, 0) is 54.4 Å². The van der Waals surface area contributed by atoms with Crippen LogP contribution in [0.1, 0.15) is 17.5 Å². The number of amides is 1. The maximum atomic E-state index is 12.7. The van der Waals surface area contributed by atoms with Crippen molar-refractivity contribution in [3.63, 3.8) is 0 Å². The molecule has 1 amide bonds. The van der Waals surface area contributed by atoms with Crippen LogP contribution in [-0.4, -0.2) is 30.3 Å². The van der Waals surface area contributed by atoms with Crippen LogP contribution < -0.4 is 9.64 Å². The average Bonchev–Trinajstić information content (AvgIpc) is 3.23. The van der Waals surface area contributed by atoms with Crippen molar-refractivity contribution in [2.75, 3.05) is 24.3 Å². The predicted octanol–water partition coefficient (Wildman–Crippen LogP) is 4.70. The molecule has 1 aliphatic rings. The molecule has 0 unspecified atom stereocenters. The van der Waals surface area contributed by atoms with E-state index in [0.29, 0.717) is 22.8 Å².